The van der Waals surface area contributed by atoms with Crippen molar-refractivity contribution in [3.63, 3.8) is 0 Å². The summed E-state index contributed by atoms with van der Waals surface area (Å²) in [7, 11) is 0. The molecule has 0 aliphatic heterocycles. The molecule has 0 saturated heterocycles. The van der Waals surface area contributed by atoms with E-state index in [0.29, 0.717) is 25.8 Å². The highest BCUT2D eigenvalue weighted by molar-refractivity contribution is 5.84. The van der Waals surface area contributed by atoms with Crippen LogP contribution in [0.3, 0.4) is 0 Å². The molecule has 0 bridgehead atoms. The van der Waals surface area contributed by atoms with Crippen molar-refractivity contribution in [2.45, 2.75) is 32.1 Å². The van der Waals surface area contributed by atoms with Crippen LogP contribution >= 0.6 is 0 Å². The van der Waals surface area contributed by atoms with E-state index in [-0.39, 0.29) is 11.8 Å². The second-order valence-electron chi connectivity index (χ2n) is 5.20. The quantitative estimate of drug-likeness (QED) is 0.856. The van der Waals surface area contributed by atoms with Gasteiger partial charge in [0.1, 0.15) is 0 Å². The lowest BCUT2D eigenvalue weighted by atomic mass is 9.78. The minimum Gasteiger partial charge on any atom is -0.481 e. The lowest BCUT2D eigenvalue weighted by Crippen LogP contribution is -2.40. The maximum Gasteiger partial charge on any atom is 0.307 e. The summed E-state index contributed by atoms with van der Waals surface area (Å²) in [4.78, 5) is 27.5. The van der Waals surface area contributed by atoms with E-state index in [1.807, 2.05) is 18.2 Å². The lowest BCUT2D eigenvalue weighted by molar-refractivity contribution is -0.148. The average Bonchev–Trinajstić information content (AvgIpc) is 2.48. The van der Waals surface area contributed by atoms with Crippen LogP contribution in [0, 0.1) is 11.8 Å². The van der Waals surface area contributed by atoms with Crippen molar-refractivity contribution in [2.24, 2.45) is 11.8 Å². The topological polar surface area (TPSA) is 79.3 Å². The summed E-state index contributed by atoms with van der Waals surface area (Å²) in [6, 6.07) is 5.67. The summed E-state index contributed by atoms with van der Waals surface area (Å²) in [5.74, 6) is -1.90. The van der Waals surface area contributed by atoms with Crippen LogP contribution in [0.2, 0.25) is 0 Å². The van der Waals surface area contributed by atoms with E-state index in [0.717, 1.165) is 18.5 Å². The number of aliphatic carboxylic acids is 1. The molecule has 108 valence electrons. The van der Waals surface area contributed by atoms with E-state index in [1.165, 1.54) is 0 Å². The summed E-state index contributed by atoms with van der Waals surface area (Å²) in [6.45, 7) is 0.499. The number of carbonyl (C=O) groups is 2. The maximum atomic E-state index is 12.1. The van der Waals surface area contributed by atoms with E-state index in [9.17, 15) is 14.7 Å². The van der Waals surface area contributed by atoms with Crippen molar-refractivity contribution in [3.05, 3.63) is 30.1 Å². The highest BCUT2D eigenvalue weighted by atomic mass is 16.4. The number of pyridine rings is 1. The Hall–Kier alpha value is -1.91. The first-order valence-corrected chi connectivity index (χ1v) is 7.09. The fraction of sp³-hybridized carbons (Fsp3) is 0.533. The number of carboxylic acid groups (broad SMARTS) is 1. The molecular weight excluding hydrogens is 256 g/mol. The van der Waals surface area contributed by atoms with Crippen molar-refractivity contribution in [2.75, 3.05) is 6.54 Å². The van der Waals surface area contributed by atoms with Crippen molar-refractivity contribution >= 4 is 11.9 Å². The van der Waals surface area contributed by atoms with Gasteiger partial charge in [-0.3, -0.25) is 14.6 Å². The van der Waals surface area contributed by atoms with Gasteiger partial charge in [0.25, 0.3) is 0 Å². The highest BCUT2D eigenvalue weighted by Gasteiger charge is 2.35. The molecule has 1 aliphatic carbocycles. The number of rotatable bonds is 5. The molecule has 0 radical (unpaired) electrons. The van der Waals surface area contributed by atoms with Crippen molar-refractivity contribution in [1.82, 2.24) is 10.3 Å². The van der Waals surface area contributed by atoms with Gasteiger partial charge in [-0.2, -0.15) is 0 Å². The van der Waals surface area contributed by atoms with Gasteiger partial charge in [0.2, 0.25) is 5.91 Å². The first-order valence-electron chi connectivity index (χ1n) is 7.09. The minimum absolute atomic E-state index is 0.131. The lowest BCUT2D eigenvalue weighted by Gasteiger charge is -2.27. The third-order valence-corrected chi connectivity index (χ3v) is 3.83. The summed E-state index contributed by atoms with van der Waals surface area (Å²) in [6.07, 6.45) is 5.49. The van der Waals surface area contributed by atoms with Crippen molar-refractivity contribution in [1.29, 1.82) is 0 Å². The number of carbonyl (C=O) groups excluding carboxylic acids is 1. The molecule has 0 spiro atoms. The molecule has 1 fully saturated rings. The largest absolute Gasteiger partial charge is 0.481 e. The Morgan fingerprint density at radius 3 is 2.65 bits per heavy atom. The van der Waals surface area contributed by atoms with Crippen LogP contribution in [-0.4, -0.2) is 28.5 Å². The fourth-order valence-corrected chi connectivity index (χ4v) is 2.73. The molecule has 2 N–H and O–H groups in total. The van der Waals surface area contributed by atoms with Gasteiger partial charge in [-0.05, 0) is 25.0 Å². The molecule has 5 heteroatoms. The predicted octanol–water partition coefficient (Wildman–Crippen LogP) is 1.63. The van der Waals surface area contributed by atoms with Crippen molar-refractivity contribution in [3.8, 4) is 0 Å². The highest BCUT2D eigenvalue weighted by Crippen LogP contribution is 2.30. The molecule has 1 heterocycles. The second-order valence-corrected chi connectivity index (χ2v) is 5.20. The third-order valence-electron chi connectivity index (χ3n) is 3.83. The van der Waals surface area contributed by atoms with Gasteiger partial charge in [-0.15, -0.1) is 0 Å². The van der Waals surface area contributed by atoms with Gasteiger partial charge in [0, 0.05) is 24.9 Å². The molecule has 1 amide bonds. The van der Waals surface area contributed by atoms with Gasteiger partial charge < -0.3 is 10.4 Å². The molecular formula is C15H20N2O3. The number of nitrogens with zero attached hydrogens (tertiary/aromatic N) is 1. The summed E-state index contributed by atoms with van der Waals surface area (Å²) in [5.41, 5.74) is 0.922. The third kappa shape index (κ3) is 3.79. The average molecular weight is 276 g/mol. The first kappa shape index (κ1) is 14.5. The van der Waals surface area contributed by atoms with E-state index >= 15 is 0 Å². The number of carboxylic acids is 1. The van der Waals surface area contributed by atoms with Crippen LogP contribution in [0.25, 0.3) is 0 Å². The fourth-order valence-electron chi connectivity index (χ4n) is 2.73. The van der Waals surface area contributed by atoms with Crippen LogP contribution in [0.1, 0.15) is 31.4 Å². The Balaban J connectivity index is 1.83. The Morgan fingerprint density at radius 1 is 1.25 bits per heavy atom. The second kappa shape index (κ2) is 7.03. The van der Waals surface area contributed by atoms with Crippen LogP contribution in [0.5, 0.6) is 0 Å². The van der Waals surface area contributed by atoms with Gasteiger partial charge in [-0.1, -0.05) is 18.9 Å². The molecule has 2 unspecified atom stereocenters. The molecule has 1 aliphatic rings. The van der Waals surface area contributed by atoms with Crippen LogP contribution in [0.4, 0.5) is 0 Å². The number of hydrogen-bond acceptors (Lipinski definition) is 3. The maximum absolute atomic E-state index is 12.1. The molecule has 2 rings (SSSR count). The number of aromatic nitrogens is 1. The van der Waals surface area contributed by atoms with Gasteiger partial charge in [0.15, 0.2) is 0 Å². The Labute approximate surface area is 118 Å². The molecule has 5 nitrogen and oxygen atoms in total. The first-order chi connectivity index (χ1) is 9.68. The Bertz CT molecular complexity index is 461. The normalized spacial score (nSPS) is 22.2. The smallest absolute Gasteiger partial charge is 0.307 e. The molecule has 0 aromatic carbocycles. The zero-order chi connectivity index (χ0) is 14.4. The van der Waals surface area contributed by atoms with Gasteiger partial charge in [0.05, 0.1) is 11.8 Å². The number of nitrogens with one attached hydrogen (secondary N) is 1. The minimum atomic E-state index is -0.852. The number of hydrogen-bond donors (Lipinski definition) is 2. The Morgan fingerprint density at radius 2 is 2.00 bits per heavy atom. The summed E-state index contributed by atoms with van der Waals surface area (Å²) >= 11 is 0. The van der Waals surface area contributed by atoms with E-state index in [2.05, 4.69) is 10.3 Å². The standard InChI is InChI=1S/C15H20N2O3/c18-14(12-6-1-2-7-13(12)15(19)20)17-10-8-11-5-3-4-9-16-11/h3-5,9,12-13H,1-2,6-8,10H2,(H,17,18)(H,19,20). The molecule has 20 heavy (non-hydrogen) atoms. The van der Waals surface area contributed by atoms with Crippen molar-refractivity contribution < 1.29 is 14.7 Å². The molecule has 2 atom stereocenters. The predicted molar refractivity (Wildman–Crippen MR) is 74.0 cm³/mol. The van der Waals surface area contributed by atoms with E-state index in [4.69, 9.17) is 0 Å². The summed E-state index contributed by atoms with van der Waals surface area (Å²) in [5, 5.41) is 12.0. The Kier molecular flexibility index (Phi) is 5.09. The van der Waals surface area contributed by atoms with E-state index in [1.54, 1.807) is 6.20 Å². The zero-order valence-corrected chi connectivity index (χ0v) is 11.4. The van der Waals surface area contributed by atoms with Crippen LogP contribution in [0.15, 0.2) is 24.4 Å². The van der Waals surface area contributed by atoms with E-state index < -0.39 is 11.9 Å². The molecule has 1 aromatic rings. The van der Waals surface area contributed by atoms with Gasteiger partial charge >= 0.3 is 5.97 Å². The zero-order valence-electron chi connectivity index (χ0n) is 11.4. The monoisotopic (exact) mass is 276 g/mol. The SMILES string of the molecule is O=C(O)C1CCCCC1C(=O)NCCc1ccccn1. The summed E-state index contributed by atoms with van der Waals surface area (Å²) < 4.78 is 0. The van der Waals surface area contributed by atoms with Crippen LogP contribution in [-0.2, 0) is 16.0 Å². The number of amides is 1. The van der Waals surface area contributed by atoms with Gasteiger partial charge in [-0.25, -0.2) is 0 Å². The van der Waals surface area contributed by atoms with Crippen LogP contribution < -0.4 is 5.32 Å². The molecule has 1 aromatic heterocycles. The molecule has 1 saturated carbocycles.